The lowest BCUT2D eigenvalue weighted by Crippen LogP contribution is -2.51. The van der Waals surface area contributed by atoms with Crippen LogP contribution in [0.4, 0.5) is 0 Å². The van der Waals surface area contributed by atoms with E-state index in [1.54, 1.807) is 6.92 Å². The summed E-state index contributed by atoms with van der Waals surface area (Å²) >= 11 is 0. The minimum absolute atomic E-state index is 0.196. The summed E-state index contributed by atoms with van der Waals surface area (Å²) in [6.45, 7) is 8.81. The molecule has 110 valence electrons. The van der Waals surface area contributed by atoms with Crippen molar-refractivity contribution in [2.45, 2.75) is 39.8 Å². The molecule has 0 bridgehead atoms. The van der Waals surface area contributed by atoms with Crippen molar-refractivity contribution in [1.29, 1.82) is 0 Å². The first kappa shape index (κ1) is 15.0. The smallest absolute Gasteiger partial charge is 0.219 e. The molecular formula is C17H26N2O. The molecule has 1 aliphatic heterocycles. The summed E-state index contributed by atoms with van der Waals surface area (Å²) in [5.41, 5.74) is 1.30. The van der Waals surface area contributed by atoms with Gasteiger partial charge in [0.05, 0.1) is 0 Å². The Labute approximate surface area is 122 Å². The molecular weight excluding hydrogens is 248 g/mol. The predicted octanol–water partition coefficient (Wildman–Crippen LogP) is 2.67. The topological polar surface area (TPSA) is 32.3 Å². The van der Waals surface area contributed by atoms with Gasteiger partial charge in [-0.15, -0.1) is 0 Å². The Kier molecular flexibility index (Phi) is 5.18. The Morgan fingerprint density at radius 3 is 2.60 bits per heavy atom. The molecule has 20 heavy (non-hydrogen) atoms. The first-order valence-electron chi connectivity index (χ1n) is 7.59. The molecule has 2 unspecified atom stereocenters. The van der Waals surface area contributed by atoms with Gasteiger partial charge in [0.25, 0.3) is 0 Å². The summed E-state index contributed by atoms with van der Waals surface area (Å²) in [6, 6.07) is 10.8. The molecule has 3 heteroatoms. The van der Waals surface area contributed by atoms with Crippen molar-refractivity contribution in [3.05, 3.63) is 35.9 Å². The largest absolute Gasteiger partial charge is 0.341 e. The molecule has 1 saturated heterocycles. The number of amides is 1. The zero-order valence-corrected chi connectivity index (χ0v) is 12.8. The Morgan fingerprint density at radius 1 is 1.30 bits per heavy atom. The van der Waals surface area contributed by atoms with Gasteiger partial charge in [-0.05, 0) is 23.8 Å². The van der Waals surface area contributed by atoms with Crippen LogP contribution in [0.1, 0.15) is 32.8 Å². The summed E-state index contributed by atoms with van der Waals surface area (Å²) in [5.74, 6) is 1.42. The second kappa shape index (κ2) is 6.89. The number of likely N-dealkylation sites (tertiary alicyclic amines) is 1. The first-order valence-corrected chi connectivity index (χ1v) is 7.59. The number of hydrogen-bond donors (Lipinski definition) is 1. The predicted molar refractivity (Wildman–Crippen MR) is 82.3 cm³/mol. The molecule has 1 aromatic carbocycles. The highest BCUT2D eigenvalue weighted by Crippen LogP contribution is 2.24. The molecule has 2 rings (SSSR count). The number of carbonyl (C=O) groups excluding carboxylic acids is 1. The molecule has 2 atom stereocenters. The van der Waals surface area contributed by atoms with Crippen LogP contribution < -0.4 is 5.32 Å². The zero-order chi connectivity index (χ0) is 14.5. The molecule has 1 aromatic rings. The number of hydrogen-bond acceptors (Lipinski definition) is 2. The SMILES string of the molecule is CC(=O)N1CC(NCc2ccccc2)CC(C(C)C)C1. The quantitative estimate of drug-likeness (QED) is 0.915. The van der Waals surface area contributed by atoms with Crippen LogP contribution in [0.15, 0.2) is 30.3 Å². The molecule has 0 aromatic heterocycles. The monoisotopic (exact) mass is 274 g/mol. The number of nitrogens with zero attached hydrogens (tertiary/aromatic N) is 1. The molecule has 1 N–H and O–H groups in total. The number of carbonyl (C=O) groups is 1. The van der Waals surface area contributed by atoms with E-state index in [4.69, 9.17) is 0 Å². The van der Waals surface area contributed by atoms with Crippen LogP contribution in [0.25, 0.3) is 0 Å². The van der Waals surface area contributed by atoms with Crippen LogP contribution in [0.2, 0.25) is 0 Å². The van der Waals surface area contributed by atoms with Crippen LogP contribution in [-0.4, -0.2) is 29.9 Å². The molecule has 1 amide bonds. The van der Waals surface area contributed by atoms with Gasteiger partial charge in [-0.3, -0.25) is 4.79 Å². The number of nitrogens with one attached hydrogen (secondary N) is 1. The maximum absolute atomic E-state index is 11.7. The molecule has 0 radical (unpaired) electrons. The van der Waals surface area contributed by atoms with Crippen molar-refractivity contribution in [3.63, 3.8) is 0 Å². The Morgan fingerprint density at radius 2 is 2.00 bits per heavy atom. The van der Waals surface area contributed by atoms with E-state index in [9.17, 15) is 4.79 Å². The van der Waals surface area contributed by atoms with E-state index in [1.165, 1.54) is 5.56 Å². The highest BCUT2D eigenvalue weighted by molar-refractivity contribution is 5.73. The fourth-order valence-electron chi connectivity index (χ4n) is 2.88. The summed E-state index contributed by atoms with van der Waals surface area (Å²) < 4.78 is 0. The second-order valence-electron chi connectivity index (χ2n) is 6.23. The van der Waals surface area contributed by atoms with Crippen molar-refractivity contribution in [2.75, 3.05) is 13.1 Å². The maximum Gasteiger partial charge on any atom is 0.219 e. The van der Waals surface area contributed by atoms with Gasteiger partial charge in [-0.25, -0.2) is 0 Å². The van der Waals surface area contributed by atoms with Crippen LogP contribution in [-0.2, 0) is 11.3 Å². The number of piperidine rings is 1. The first-order chi connectivity index (χ1) is 9.56. The van der Waals surface area contributed by atoms with E-state index in [2.05, 4.69) is 43.4 Å². The highest BCUT2D eigenvalue weighted by Gasteiger charge is 2.29. The van der Waals surface area contributed by atoms with Crippen LogP contribution in [0.5, 0.6) is 0 Å². The van der Waals surface area contributed by atoms with E-state index in [-0.39, 0.29) is 5.91 Å². The van der Waals surface area contributed by atoms with Gasteiger partial charge in [-0.2, -0.15) is 0 Å². The lowest BCUT2D eigenvalue weighted by molar-refractivity contribution is -0.131. The summed E-state index contributed by atoms with van der Waals surface area (Å²) in [5, 5.41) is 3.61. The lowest BCUT2D eigenvalue weighted by atomic mass is 9.85. The summed E-state index contributed by atoms with van der Waals surface area (Å²) in [7, 11) is 0. The maximum atomic E-state index is 11.7. The Bertz CT molecular complexity index is 430. The average Bonchev–Trinajstić information content (AvgIpc) is 2.45. The molecule has 1 heterocycles. The minimum atomic E-state index is 0.196. The van der Waals surface area contributed by atoms with E-state index in [0.717, 1.165) is 26.1 Å². The summed E-state index contributed by atoms with van der Waals surface area (Å²) in [4.78, 5) is 13.7. The number of rotatable bonds is 4. The van der Waals surface area contributed by atoms with Crippen LogP contribution in [0.3, 0.4) is 0 Å². The lowest BCUT2D eigenvalue weighted by Gasteiger charge is -2.39. The van der Waals surface area contributed by atoms with Crippen molar-refractivity contribution >= 4 is 5.91 Å². The molecule has 0 aliphatic carbocycles. The van der Waals surface area contributed by atoms with Crippen LogP contribution >= 0.6 is 0 Å². The molecule has 0 saturated carbocycles. The standard InChI is InChI=1S/C17H26N2O/c1-13(2)16-9-17(12-19(11-16)14(3)20)18-10-15-7-5-4-6-8-15/h4-8,13,16-18H,9-12H2,1-3H3. The minimum Gasteiger partial charge on any atom is -0.341 e. The van der Waals surface area contributed by atoms with Gasteiger partial charge in [0.2, 0.25) is 5.91 Å². The summed E-state index contributed by atoms with van der Waals surface area (Å²) in [6.07, 6.45) is 1.16. The van der Waals surface area contributed by atoms with E-state index in [1.807, 2.05) is 11.0 Å². The number of benzene rings is 1. The van der Waals surface area contributed by atoms with E-state index < -0.39 is 0 Å². The fraction of sp³-hybridized carbons (Fsp3) is 0.588. The van der Waals surface area contributed by atoms with Gasteiger partial charge in [0.15, 0.2) is 0 Å². The van der Waals surface area contributed by atoms with Gasteiger partial charge in [-0.1, -0.05) is 44.2 Å². The molecule has 1 aliphatic rings. The molecule has 0 spiro atoms. The van der Waals surface area contributed by atoms with Crippen molar-refractivity contribution in [2.24, 2.45) is 11.8 Å². The van der Waals surface area contributed by atoms with Gasteiger partial charge >= 0.3 is 0 Å². The molecule has 1 fully saturated rings. The molecule has 3 nitrogen and oxygen atoms in total. The third kappa shape index (κ3) is 4.07. The third-order valence-corrected chi connectivity index (χ3v) is 4.31. The Balaban J connectivity index is 1.94. The van der Waals surface area contributed by atoms with Gasteiger partial charge in [0.1, 0.15) is 0 Å². The normalized spacial score (nSPS) is 23.1. The third-order valence-electron chi connectivity index (χ3n) is 4.31. The van der Waals surface area contributed by atoms with E-state index in [0.29, 0.717) is 17.9 Å². The second-order valence-corrected chi connectivity index (χ2v) is 6.23. The highest BCUT2D eigenvalue weighted by atomic mass is 16.2. The Hall–Kier alpha value is -1.35. The average molecular weight is 274 g/mol. The fourth-order valence-corrected chi connectivity index (χ4v) is 2.88. The zero-order valence-electron chi connectivity index (χ0n) is 12.8. The van der Waals surface area contributed by atoms with Crippen molar-refractivity contribution in [3.8, 4) is 0 Å². The van der Waals surface area contributed by atoms with Gasteiger partial charge in [0, 0.05) is 32.6 Å². The van der Waals surface area contributed by atoms with Crippen molar-refractivity contribution < 1.29 is 4.79 Å². The van der Waals surface area contributed by atoms with Gasteiger partial charge < -0.3 is 10.2 Å². The van der Waals surface area contributed by atoms with Crippen LogP contribution in [0, 0.1) is 11.8 Å². The van der Waals surface area contributed by atoms with E-state index >= 15 is 0 Å². The van der Waals surface area contributed by atoms with Crippen molar-refractivity contribution in [1.82, 2.24) is 10.2 Å².